The fourth-order valence-corrected chi connectivity index (χ4v) is 2.20. The number of rotatable bonds is 6. The van der Waals surface area contributed by atoms with Crippen molar-refractivity contribution in [2.75, 3.05) is 6.54 Å². The van der Waals surface area contributed by atoms with Crippen LogP contribution in [0.2, 0.25) is 0 Å². The van der Waals surface area contributed by atoms with Gasteiger partial charge in [0, 0.05) is 29.9 Å². The van der Waals surface area contributed by atoms with Crippen LogP contribution in [0.1, 0.15) is 31.5 Å². The van der Waals surface area contributed by atoms with Crippen LogP contribution in [0.5, 0.6) is 0 Å². The molecule has 0 bridgehead atoms. The van der Waals surface area contributed by atoms with E-state index < -0.39 is 17.5 Å². The van der Waals surface area contributed by atoms with Gasteiger partial charge in [0.15, 0.2) is 17.5 Å². The Bertz CT molecular complexity index is 623. The number of aromatic nitrogens is 2. The van der Waals surface area contributed by atoms with Crippen molar-refractivity contribution in [3.05, 3.63) is 47.0 Å². The molecule has 0 aliphatic heterocycles. The molecule has 6 heteroatoms. The summed E-state index contributed by atoms with van der Waals surface area (Å²) in [6, 6.07) is 1.39. The summed E-state index contributed by atoms with van der Waals surface area (Å²) < 4.78 is 41.7. The average Bonchev–Trinajstić information content (AvgIpc) is 2.84. The molecule has 1 aromatic carbocycles. The van der Waals surface area contributed by atoms with E-state index in [1.165, 1.54) is 4.68 Å². The zero-order valence-corrected chi connectivity index (χ0v) is 12.1. The van der Waals surface area contributed by atoms with Gasteiger partial charge in [-0.2, -0.15) is 5.10 Å². The molecule has 1 aromatic heterocycles. The van der Waals surface area contributed by atoms with E-state index in [1.54, 1.807) is 6.20 Å². The van der Waals surface area contributed by atoms with Gasteiger partial charge in [-0.1, -0.05) is 20.3 Å². The Morgan fingerprint density at radius 1 is 1.10 bits per heavy atom. The van der Waals surface area contributed by atoms with E-state index in [0.29, 0.717) is 19.0 Å². The molecular formula is C15H18F3N3. The third-order valence-electron chi connectivity index (χ3n) is 3.23. The van der Waals surface area contributed by atoms with Crippen molar-refractivity contribution in [2.45, 2.75) is 33.2 Å². The van der Waals surface area contributed by atoms with Crippen molar-refractivity contribution in [3.63, 3.8) is 0 Å². The zero-order chi connectivity index (χ0) is 15.4. The van der Waals surface area contributed by atoms with Gasteiger partial charge in [-0.15, -0.1) is 0 Å². The molecule has 2 aromatic rings. The van der Waals surface area contributed by atoms with Gasteiger partial charge in [-0.05, 0) is 13.0 Å². The maximum atomic E-state index is 13.9. The summed E-state index contributed by atoms with van der Waals surface area (Å²) in [5, 5.41) is 7.32. The van der Waals surface area contributed by atoms with E-state index in [1.807, 2.05) is 13.8 Å². The summed E-state index contributed by atoms with van der Waals surface area (Å²) in [5.74, 6) is -3.12. The third-order valence-corrected chi connectivity index (χ3v) is 3.23. The fourth-order valence-electron chi connectivity index (χ4n) is 2.20. The average molecular weight is 297 g/mol. The Kier molecular flexibility index (Phi) is 5.01. The van der Waals surface area contributed by atoms with Gasteiger partial charge in [0.25, 0.3) is 0 Å². The Morgan fingerprint density at radius 2 is 1.81 bits per heavy atom. The van der Waals surface area contributed by atoms with E-state index >= 15 is 0 Å². The summed E-state index contributed by atoms with van der Waals surface area (Å²) in [6.45, 7) is 5.39. The van der Waals surface area contributed by atoms with Crippen LogP contribution in [0.15, 0.2) is 18.3 Å². The highest BCUT2D eigenvalue weighted by molar-refractivity contribution is 5.37. The molecular weight excluding hydrogens is 279 g/mol. The van der Waals surface area contributed by atoms with Crippen molar-refractivity contribution in [1.29, 1.82) is 0 Å². The van der Waals surface area contributed by atoms with Gasteiger partial charge in [-0.3, -0.25) is 0 Å². The van der Waals surface area contributed by atoms with Gasteiger partial charge >= 0.3 is 0 Å². The topological polar surface area (TPSA) is 29.9 Å². The normalized spacial score (nSPS) is 11.1. The first-order chi connectivity index (χ1) is 10.1. The Hall–Kier alpha value is -1.82. The van der Waals surface area contributed by atoms with Gasteiger partial charge in [0.2, 0.25) is 0 Å². The summed E-state index contributed by atoms with van der Waals surface area (Å²) in [5.41, 5.74) is 1.67. The van der Waals surface area contributed by atoms with Gasteiger partial charge < -0.3 is 5.32 Å². The van der Waals surface area contributed by atoms with E-state index in [9.17, 15) is 13.2 Å². The SMILES string of the molecule is CCCc1c(CNCC)cnn1-c1cc(F)c(F)cc1F. The minimum Gasteiger partial charge on any atom is -0.313 e. The molecule has 1 N–H and O–H groups in total. The van der Waals surface area contributed by atoms with E-state index in [2.05, 4.69) is 10.4 Å². The maximum Gasteiger partial charge on any atom is 0.161 e. The second-order valence-corrected chi connectivity index (χ2v) is 4.78. The number of halogens is 3. The van der Waals surface area contributed by atoms with Crippen LogP contribution < -0.4 is 5.32 Å². The number of hydrogen-bond donors (Lipinski definition) is 1. The first kappa shape index (κ1) is 15.6. The van der Waals surface area contributed by atoms with Crippen LogP contribution in [0.4, 0.5) is 13.2 Å². The van der Waals surface area contributed by atoms with E-state index in [-0.39, 0.29) is 5.69 Å². The molecule has 0 saturated carbocycles. The molecule has 2 rings (SSSR count). The lowest BCUT2D eigenvalue weighted by Crippen LogP contribution is -2.14. The van der Waals surface area contributed by atoms with E-state index in [4.69, 9.17) is 0 Å². The van der Waals surface area contributed by atoms with Gasteiger partial charge in [-0.25, -0.2) is 17.9 Å². The Balaban J connectivity index is 2.48. The van der Waals surface area contributed by atoms with Crippen molar-refractivity contribution >= 4 is 0 Å². The lowest BCUT2D eigenvalue weighted by Gasteiger charge is -2.10. The summed E-state index contributed by atoms with van der Waals surface area (Å²) in [4.78, 5) is 0. The van der Waals surface area contributed by atoms with E-state index in [0.717, 1.165) is 30.3 Å². The van der Waals surface area contributed by atoms with Crippen LogP contribution in [-0.2, 0) is 13.0 Å². The molecule has 0 unspecified atom stereocenters. The van der Waals surface area contributed by atoms with Crippen LogP contribution in [-0.4, -0.2) is 16.3 Å². The highest BCUT2D eigenvalue weighted by atomic mass is 19.2. The molecule has 0 saturated heterocycles. The summed E-state index contributed by atoms with van der Waals surface area (Å²) in [7, 11) is 0. The monoisotopic (exact) mass is 297 g/mol. The number of nitrogens with one attached hydrogen (secondary N) is 1. The summed E-state index contributed by atoms with van der Waals surface area (Å²) in [6.07, 6.45) is 3.16. The highest BCUT2D eigenvalue weighted by Gasteiger charge is 2.17. The van der Waals surface area contributed by atoms with Crippen LogP contribution in [0.3, 0.4) is 0 Å². The predicted molar refractivity (Wildman–Crippen MR) is 74.8 cm³/mol. The van der Waals surface area contributed by atoms with Crippen molar-refractivity contribution in [2.24, 2.45) is 0 Å². The van der Waals surface area contributed by atoms with Gasteiger partial charge in [0.05, 0.1) is 6.20 Å². The molecule has 0 fully saturated rings. The summed E-state index contributed by atoms with van der Waals surface area (Å²) >= 11 is 0. The van der Waals surface area contributed by atoms with Crippen LogP contribution in [0.25, 0.3) is 5.69 Å². The van der Waals surface area contributed by atoms with Crippen LogP contribution >= 0.6 is 0 Å². The number of nitrogens with zero attached hydrogens (tertiary/aromatic N) is 2. The maximum absolute atomic E-state index is 13.9. The highest BCUT2D eigenvalue weighted by Crippen LogP contribution is 2.21. The third kappa shape index (κ3) is 3.26. The van der Waals surface area contributed by atoms with Gasteiger partial charge in [0.1, 0.15) is 5.69 Å². The van der Waals surface area contributed by atoms with Crippen LogP contribution in [0, 0.1) is 17.5 Å². The minimum absolute atomic E-state index is 0.0694. The standard InChI is InChI=1S/C15H18F3N3/c1-3-5-14-10(8-19-4-2)9-20-21(14)15-7-12(17)11(16)6-13(15)18/h6-7,9,19H,3-5,8H2,1-2H3. The molecule has 0 radical (unpaired) electrons. The minimum atomic E-state index is -1.20. The lowest BCUT2D eigenvalue weighted by molar-refractivity contribution is 0.490. The molecule has 114 valence electrons. The van der Waals surface area contributed by atoms with Crippen molar-refractivity contribution < 1.29 is 13.2 Å². The second kappa shape index (κ2) is 6.76. The molecule has 0 atom stereocenters. The predicted octanol–water partition coefficient (Wildman–Crippen LogP) is 3.35. The molecule has 21 heavy (non-hydrogen) atoms. The molecule has 0 aliphatic carbocycles. The number of benzene rings is 1. The van der Waals surface area contributed by atoms with Crippen molar-refractivity contribution in [1.82, 2.24) is 15.1 Å². The molecule has 3 nitrogen and oxygen atoms in total. The smallest absolute Gasteiger partial charge is 0.161 e. The Morgan fingerprint density at radius 3 is 2.48 bits per heavy atom. The Labute approximate surface area is 121 Å². The second-order valence-electron chi connectivity index (χ2n) is 4.78. The van der Waals surface area contributed by atoms with Crippen molar-refractivity contribution in [3.8, 4) is 5.69 Å². The number of hydrogen-bond acceptors (Lipinski definition) is 2. The zero-order valence-electron chi connectivity index (χ0n) is 12.1. The molecule has 0 aliphatic rings. The first-order valence-electron chi connectivity index (χ1n) is 6.99. The first-order valence-corrected chi connectivity index (χ1v) is 6.99. The fraction of sp³-hybridized carbons (Fsp3) is 0.400. The molecule has 0 amide bonds. The molecule has 1 heterocycles. The quantitative estimate of drug-likeness (QED) is 0.829. The molecule has 0 spiro atoms. The largest absolute Gasteiger partial charge is 0.313 e. The lowest BCUT2D eigenvalue weighted by atomic mass is 10.1.